The molecule has 106 valence electrons. The number of hydrogen-bond donors (Lipinski definition) is 3. The van der Waals surface area contributed by atoms with Crippen LogP contribution >= 0.6 is 11.6 Å². The molecule has 1 aromatic rings. The molecular weight excluding hydrogens is 266 g/mol. The van der Waals surface area contributed by atoms with E-state index in [-0.39, 0.29) is 22.1 Å². The van der Waals surface area contributed by atoms with Crippen molar-refractivity contribution in [1.29, 1.82) is 0 Å². The summed E-state index contributed by atoms with van der Waals surface area (Å²) in [5, 5.41) is 21.4. The predicted molar refractivity (Wildman–Crippen MR) is 75.8 cm³/mol. The molecular formula is C14H20ClNO3. The second kappa shape index (κ2) is 6.15. The van der Waals surface area contributed by atoms with Gasteiger partial charge in [-0.3, -0.25) is 4.79 Å². The molecule has 0 aliphatic heterocycles. The quantitative estimate of drug-likeness (QED) is 0.588. The molecule has 1 amide bonds. The molecule has 0 fully saturated rings. The number of alkyl halides is 1. The van der Waals surface area contributed by atoms with Crippen LogP contribution in [0.4, 0.5) is 0 Å². The van der Waals surface area contributed by atoms with Crippen LogP contribution in [0.25, 0.3) is 0 Å². The highest BCUT2D eigenvalue weighted by Crippen LogP contribution is 2.28. The van der Waals surface area contributed by atoms with Crippen LogP contribution in [0.5, 0.6) is 11.5 Å². The molecule has 0 aliphatic carbocycles. The van der Waals surface area contributed by atoms with Gasteiger partial charge in [-0.1, -0.05) is 26.8 Å². The minimum Gasteiger partial charge on any atom is -0.504 e. The summed E-state index contributed by atoms with van der Waals surface area (Å²) in [6, 6.07) is 4.25. The van der Waals surface area contributed by atoms with Gasteiger partial charge >= 0.3 is 0 Å². The highest BCUT2D eigenvalue weighted by molar-refractivity contribution is 6.21. The molecule has 4 nitrogen and oxygen atoms in total. The van der Waals surface area contributed by atoms with E-state index < -0.39 is 11.7 Å². The first kappa shape index (κ1) is 15.6. The lowest BCUT2D eigenvalue weighted by Gasteiger charge is -2.22. The number of para-hydroxylation sites is 1. The second-order valence-electron chi connectivity index (χ2n) is 5.75. The minimum absolute atomic E-state index is 0.0413. The van der Waals surface area contributed by atoms with Gasteiger partial charge in [0.2, 0.25) is 0 Å². The summed E-state index contributed by atoms with van der Waals surface area (Å²) in [5.74, 6) is -1.18. The van der Waals surface area contributed by atoms with E-state index in [0.29, 0.717) is 6.54 Å². The molecule has 5 heteroatoms. The van der Waals surface area contributed by atoms with Gasteiger partial charge in [0.15, 0.2) is 11.5 Å². The Morgan fingerprint density at radius 3 is 2.58 bits per heavy atom. The van der Waals surface area contributed by atoms with Crippen molar-refractivity contribution in [2.75, 3.05) is 6.54 Å². The Kier molecular flexibility index (Phi) is 5.06. The topological polar surface area (TPSA) is 69.6 Å². The third-order valence-electron chi connectivity index (χ3n) is 2.58. The van der Waals surface area contributed by atoms with Crippen LogP contribution in [0.1, 0.15) is 37.6 Å². The highest BCUT2D eigenvalue weighted by atomic mass is 35.5. The van der Waals surface area contributed by atoms with Gasteiger partial charge in [-0.2, -0.15) is 0 Å². The first-order valence-electron chi connectivity index (χ1n) is 6.14. The van der Waals surface area contributed by atoms with Crippen LogP contribution in [-0.4, -0.2) is 28.0 Å². The van der Waals surface area contributed by atoms with Crippen LogP contribution in [0.15, 0.2) is 18.2 Å². The van der Waals surface area contributed by atoms with Gasteiger partial charge in [0.25, 0.3) is 5.91 Å². The van der Waals surface area contributed by atoms with Crippen molar-refractivity contribution >= 4 is 17.5 Å². The number of carbonyl (C=O) groups excluding carboxylic acids is 1. The first-order valence-corrected chi connectivity index (χ1v) is 6.57. The van der Waals surface area contributed by atoms with E-state index in [2.05, 4.69) is 26.1 Å². The Hall–Kier alpha value is -1.42. The van der Waals surface area contributed by atoms with Crippen molar-refractivity contribution in [2.24, 2.45) is 5.41 Å². The summed E-state index contributed by atoms with van der Waals surface area (Å²) in [6.07, 6.45) is 0.765. The van der Waals surface area contributed by atoms with Gasteiger partial charge in [-0.25, -0.2) is 0 Å². The fraction of sp³-hybridized carbons (Fsp3) is 0.500. The number of benzene rings is 1. The van der Waals surface area contributed by atoms with Crippen LogP contribution in [0, 0.1) is 5.41 Å². The Labute approximate surface area is 118 Å². The number of hydrogen-bond acceptors (Lipinski definition) is 3. The predicted octanol–water partition coefficient (Wildman–Crippen LogP) is 2.87. The summed E-state index contributed by atoms with van der Waals surface area (Å²) in [4.78, 5) is 11.8. The van der Waals surface area contributed by atoms with Crippen molar-refractivity contribution in [3.05, 3.63) is 23.8 Å². The van der Waals surface area contributed by atoms with Gasteiger partial charge < -0.3 is 15.5 Å². The van der Waals surface area contributed by atoms with E-state index in [1.165, 1.54) is 18.2 Å². The van der Waals surface area contributed by atoms with E-state index in [4.69, 9.17) is 11.6 Å². The maximum atomic E-state index is 11.8. The number of phenolic OH excluding ortho intramolecular Hbond substituents is 2. The Bertz CT molecular complexity index is 454. The van der Waals surface area contributed by atoms with E-state index in [1.54, 1.807) is 0 Å². The Morgan fingerprint density at radius 1 is 1.37 bits per heavy atom. The number of phenols is 2. The molecule has 0 saturated carbocycles. The fourth-order valence-electron chi connectivity index (χ4n) is 1.75. The van der Waals surface area contributed by atoms with E-state index >= 15 is 0 Å². The summed E-state index contributed by atoms with van der Waals surface area (Å²) in [7, 11) is 0. The monoisotopic (exact) mass is 285 g/mol. The Balaban J connectivity index is 2.59. The Morgan fingerprint density at radius 2 is 2.00 bits per heavy atom. The van der Waals surface area contributed by atoms with Crippen LogP contribution in [0.3, 0.4) is 0 Å². The lowest BCUT2D eigenvalue weighted by atomic mass is 9.90. The third kappa shape index (κ3) is 4.99. The maximum absolute atomic E-state index is 11.8. The molecule has 0 aliphatic rings. The van der Waals surface area contributed by atoms with Crippen LogP contribution < -0.4 is 5.32 Å². The van der Waals surface area contributed by atoms with E-state index in [1.807, 2.05) is 0 Å². The molecule has 0 aromatic heterocycles. The number of rotatable bonds is 4. The smallest absolute Gasteiger partial charge is 0.255 e. The zero-order valence-electron chi connectivity index (χ0n) is 11.4. The summed E-state index contributed by atoms with van der Waals surface area (Å²) in [5.41, 5.74) is 0.129. The molecule has 0 heterocycles. The van der Waals surface area contributed by atoms with Gasteiger partial charge in [0.1, 0.15) is 0 Å². The van der Waals surface area contributed by atoms with E-state index in [0.717, 1.165) is 6.42 Å². The van der Waals surface area contributed by atoms with Gasteiger partial charge in [0, 0.05) is 6.54 Å². The SMILES string of the molecule is CC(C)(C)CC(Cl)CNC(=O)c1cccc(O)c1O. The zero-order chi connectivity index (χ0) is 14.6. The minimum atomic E-state index is -0.451. The number of carbonyl (C=O) groups is 1. The van der Waals surface area contributed by atoms with E-state index in [9.17, 15) is 15.0 Å². The van der Waals surface area contributed by atoms with Crippen LogP contribution in [0.2, 0.25) is 0 Å². The molecule has 0 radical (unpaired) electrons. The number of aromatic hydroxyl groups is 2. The second-order valence-corrected chi connectivity index (χ2v) is 6.36. The molecule has 0 spiro atoms. The summed E-state index contributed by atoms with van der Waals surface area (Å²) >= 11 is 6.14. The average Bonchev–Trinajstić information content (AvgIpc) is 2.27. The third-order valence-corrected chi connectivity index (χ3v) is 2.89. The number of amides is 1. The molecule has 19 heavy (non-hydrogen) atoms. The lowest BCUT2D eigenvalue weighted by Crippen LogP contribution is -2.31. The van der Waals surface area contributed by atoms with Gasteiger partial charge in [0.05, 0.1) is 10.9 Å². The first-order chi connectivity index (χ1) is 8.70. The largest absolute Gasteiger partial charge is 0.504 e. The lowest BCUT2D eigenvalue weighted by molar-refractivity contribution is 0.0948. The molecule has 1 atom stereocenters. The summed E-state index contributed by atoms with van der Waals surface area (Å²) < 4.78 is 0. The maximum Gasteiger partial charge on any atom is 0.255 e. The van der Waals surface area contributed by atoms with Crippen molar-refractivity contribution < 1.29 is 15.0 Å². The zero-order valence-corrected chi connectivity index (χ0v) is 12.2. The summed E-state index contributed by atoms with van der Waals surface area (Å²) in [6.45, 7) is 6.54. The fourth-order valence-corrected chi connectivity index (χ4v) is 2.29. The number of nitrogens with one attached hydrogen (secondary N) is 1. The van der Waals surface area contributed by atoms with Crippen molar-refractivity contribution in [1.82, 2.24) is 5.32 Å². The molecule has 1 aromatic carbocycles. The number of halogens is 1. The molecule has 0 saturated heterocycles. The standard InChI is InChI=1S/C14H20ClNO3/c1-14(2,3)7-9(15)8-16-13(19)10-5-4-6-11(17)12(10)18/h4-6,9,17-18H,7-8H2,1-3H3,(H,16,19). The van der Waals surface area contributed by atoms with Crippen molar-refractivity contribution in [2.45, 2.75) is 32.6 Å². The molecule has 0 bridgehead atoms. The van der Waals surface area contributed by atoms with Gasteiger partial charge in [-0.05, 0) is 24.0 Å². The van der Waals surface area contributed by atoms with Crippen molar-refractivity contribution in [3.63, 3.8) is 0 Å². The van der Waals surface area contributed by atoms with Crippen molar-refractivity contribution in [3.8, 4) is 11.5 Å². The normalized spacial score (nSPS) is 13.1. The highest BCUT2D eigenvalue weighted by Gasteiger charge is 2.19. The average molecular weight is 286 g/mol. The molecule has 1 unspecified atom stereocenters. The molecule has 3 N–H and O–H groups in total. The van der Waals surface area contributed by atoms with Crippen LogP contribution in [-0.2, 0) is 0 Å². The van der Waals surface area contributed by atoms with Gasteiger partial charge in [-0.15, -0.1) is 11.6 Å². The molecule has 1 rings (SSSR count).